The number of ether oxygens (including phenoxy) is 1. The van der Waals surface area contributed by atoms with Crippen LogP contribution in [0.1, 0.15) is 19.4 Å². The molecule has 0 heterocycles. The minimum Gasteiger partial charge on any atom is -0.377 e. The van der Waals surface area contributed by atoms with Crippen molar-refractivity contribution in [2.24, 2.45) is 0 Å². The van der Waals surface area contributed by atoms with Crippen LogP contribution in [-0.2, 0) is 11.3 Å². The van der Waals surface area contributed by atoms with E-state index in [1.165, 1.54) is 16.7 Å². The minimum atomic E-state index is 0.301. The van der Waals surface area contributed by atoms with Crippen LogP contribution >= 0.6 is 0 Å². The van der Waals surface area contributed by atoms with Gasteiger partial charge in [0.2, 0.25) is 0 Å². The van der Waals surface area contributed by atoms with Gasteiger partial charge in [-0.05, 0) is 37.6 Å². The Kier molecular flexibility index (Phi) is 5.97. The smallest absolute Gasteiger partial charge is 0.0596 e. The zero-order valence-electron chi connectivity index (χ0n) is 13.3. The lowest BCUT2D eigenvalue weighted by molar-refractivity contribution is 0.0627. The largest absolute Gasteiger partial charge is 0.377 e. The van der Waals surface area contributed by atoms with E-state index < -0.39 is 0 Å². The average molecular weight is 283 g/mol. The van der Waals surface area contributed by atoms with Crippen LogP contribution in [0, 0.1) is 0 Å². The van der Waals surface area contributed by atoms with Crippen LogP contribution in [0.5, 0.6) is 0 Å². The zero-order chi connectivity index (χ0) is 15.1. The van der Waals surface area contributed by atoms with Crippen molar-refractivity contribution in [3.8, 4) is 11.1 Å². The molecule has 0 fully saturated rings. The van der Waals surface area contributed by atoms with Gasteiger partial charge in [-0.1, -0.05) is 54.6 Å². The molecular weight excluding hydrogens is 258 g/mol. The molecule has 0 unspecified atom stereocenters. The Hall–Kier alpha value is -1.64. The first kappa shape index (κ1) is 15.7. The van der Waals surface area contributed by atoms with Gasteiger partial charge in [-0.2, -0.15) is 0 Å². The predicted octanol–water partition coefficient (Wildman–Crippen LogP) is 4.21. The highest BCUT2D eigenvalue weighted by atomic mass is 16.5. The summed E-state index contributed by atoms with van der Waals surface area (Å²) in [5, 5.41) is 0. The highest BCUT2D eigenvalue weighted by molar-refractivity contribution is 5.67. The molecule has 0 N–H and O–H groups in total. The van der Waals surface area contributed by atoms with Gasteiger partial charge in [-0.15, -0.1) is 0 Å². The van der Waals surface area contributed by atoms with Gasteiger partial charge in [-0.3, -0.25) is 4.90 Å². The van der Waals surface area contributed by atoms with E-state index in [1.54, 1.807) is 0 Å². The topological polar surface area (TPSA) is 12.5 Å². The van der Waals surface area contributed by atoms with Crippen molar-refractivity contribution >= 4 is 0 Å². The fraction of sp³-hybridized carbons (Fsp3) is 0.368. The third-order valence-corrected chi connectivity index (χ3v) is 3.47. The van der Waals surface area contributed by atoms with Crippen molar-refractivity contribution in [2.75, 3.05) is 20.2 Å². The maximum atomic E-state index is 5.62. The number of rotatable bonds is 7. The maximum Gasteiger partial charge on any atom is 0.0596 e. The Bertz CT molecular complexity index is 536. The Balaban J connectivity index is 2.03. The summed E-state index contributed by atoms with van der Waals surface area (Å²) in [5.41, 5.74) is 3.95. The second-order valence-corrected chi connectivity index (χ2v) is 5.68. The van der Waals surface area contributed by atoms with Gasteiger partial charge in [0.15, 0.2) is 0 Å². The second-order valence-electron chi connectivity index (χ2n) is 5.68. The van der Waals surface area contributed by atoms with Gasteiger partial charge in [0.1, 0.15) is 0 Å². The molecule has 2 aromatic carbocycles. The Morgan fingerprint density at radius 3 is 2.33 bits per heavy atom. The molecule has 0 atom stereocenters. The van der Waals surface area contributed by atoms with E-state index in [0.29, 0.717) is 6.10 Å². The van der Waals surface area contributed by atoms with Crippen LogP contribution in [0.4, 0.5) is 0 Å². The molecule has 0 amide bonds. The Morgan fingerprint density at radius 2 is 1.62 bits per heavy atom. The molecule has 21 heavy (non-hydrogen) atoms. The van der Waals surface area contributed by atoms with Crippen LogP contribution < -0.4 is 0 Å². The third kappa shape index (κ3) is 5.00. The van der Waals surface area contributed by atoms with Crippen molar-refractivity contribution in [3.63, 3.8) is 0 Å². The van der Waals surface area contributed by atoms with Crippen molar-refractivity contribution in [3.05, 3.63) is 60.2 Å². The van der Waals surface area contributed by atoms with E-state index in [9.17, 15) is 0 Å². The molecule has 2 rings (SSSR count). The van der Waals surface area contributed by atoms with Crippen molar-refractivity contribution < 1.29 is 4.74 Å². The fourth-order valence-corrected chi connectivity index (χ4v) is 2.37. The summed E-state index contributed by atoms with van der Waals surface area (Å²) in [6, 6.07) is 19.2. The van der Waals surface area contributed by atoms with E-state index in [4.69, 9.17) is 4.74 Å². The monoisotopic (exact) mass is 283 g/mol. The highest BCUT2D eigenvalue weighted by Gasteiger charge is 2.07. The molecule has 0 aliphatic heterocycles. The first-order chi connectivity index (χ1) is 10.2. The lowest BCUT2D eigenvalue weighted by Crippen LogP contribution is -2.24. The summed E-state index contributed by atoms with van der Waals surface area (Å²) in [5.74, 6) is 0. The van der Waals surface area contributed by atoms with E-state index in [0.717, 1.165) is 19.7 Å². The number of nitrogens with zero attached hydrogens (tertiary/aromatic N) is 1. The fourth-order valence-electron chi connectivity index (χ4n) is 2.37. The lowest BCUT2D eigenvalue weighted by Gasteiger charge is -2.19. The molecule has 2 aromatic rings. The summed E-state index contributed by atoms with van der Waals surface area (Å²) < 4.78 is 5.62. The van der Waals surface area contributed by atoms with E-state index >= 15 is 0 Å². The molecule has 0 aliphatic rings. The van der Waals surface area contributed by atoms with Crippen LogP contribution in [0.25, 0.3) is 11.1 Å². The van der Waals surface area contributed by atoms with Crippen molar-refractivity contribution in [1.82, 2.24) is 4.90 Å². The number of benzene rings is 2. The Labute approximate surface area is 128 Å². The average Bonchev–Trinajstić information content (AvgIpc) is 2.48. The van der Waals surface area contributed by atoms with Crippen LogP contribution in [-0.4, -0.2) is 31.2 Å². The third-order valence-electron chi connectivity index (χ3n) is 3.47. The van der Waals surface area contributed by atoms with Gasteiger partial charge in [0.05, 0.1) is 12.7 Å². The van der Waals surface area contributed by atoms with Crippen molar-refractivity contribution in [1.29, 1.82) is 0 Å². The molecule has 0 spiro atoms. The van der Waals surface area contributed by atoms with Crippen LogP contribution in [0.15, 0.2) is 54.6 Å². The van der Waals surface area contributed by atoms with E-state index in [-0.39, 0.29) is 0 Å². The SMILES string of the molecule is CC(C)OCCN(C)Cc1ccccc1-c1ccccc1. The van der Waals surface area contributed by atoms with Gasteiger partial charge < -0.3 is 4.74 Å². The number of hydrogen-bond donors (Lipinski definition) is 0. The highest BCUT2D eigenvalue weighted by Crippen LogP contribution is 2.24. The molecule has 0 bridgehead atoms. The summed E-state index contributed by atoms with van der Waals surface area (Å²) in [4.78, 5) is 2.31. The lowest BCUT2D eigenvalue weighted by atomic mass is 9.99. The zero-order valence-corrected chi connectivity index (χ0v) is 13.3. The van der Waals surface area contributed by atoms with Crippen LogP contribution in [0.3, 0.4) is 0 Å². The molecule has 2 heteroatoms. The summed E-state index contributed by atoms with van der Waals surface area (Å²) >= 11 is 0. The summed E-state index contributed by atoms with van der Waals surface area (Å²) in [6.07, 6.45) is 0.301. The van der Waals surface area contributed by atoms with Gasteiger partial charge in [0.25, 0.3) is 0 Å². The normalized spacial score (nSPS) is 11.3. The summed E-state index contributed by atoms with van der Waals surface area (Å²) in [6.45, 7) is 6.81. The molecular formula is C19H25NO. The standard InChI is InChI=1S/C19H25NO/c1-16(2)21-14-13-20(3)15-18-11-7-8-12-19(18)17-9-5-4-6-10-17/h4-12,16H,13-15H2,1-3H3. The molecule has 0 radical (unpaired) electrons. The predicted molar refractivity (Wildman–Crippen MR) is 89.3 cm³/mol. The van der Waals surface area contributed by atoms with Crippen molar-refractivity contribution in [2.45, 2.75) is 26.5 Å². The minimum absolute atomic E-state index is 0.301. The van der Waals surface area contributed by atoms with Gasteiger partial charge in [-0.25, -0.2) is 0 Å². The molecule has 0 saturated heterocycles. The quantitative estimate of drug-likeness (QED) is 0.754. The molecule has 112 valence electrons. The number of hydrogen-bond acceptors (Lipinski definition) is 2. The van der Waals surface area contributed by atoms with Gasteiger partial charge in [0, 0.05) is 13.1 Å². The first-order valence-electron chi connectivity index (χ1n) is 7.60. The summed E-state index contributed by atoms with van der Waals surface area (Å²) in [7, 11) is 2.14. The van der Waals surface area contributed by atoms with Gasteiger partial charge >= 0.3 is 0 Å². The van der Waals surface area contributed by atoms with E-state index in [1.807, 2.05) is 0 Å². The number of likely N-dealkylation sites (N-methyl/N-ethyl adjacent to an activating group) is 1. The maximum absolute atomic E-state index is 5.62. The Morgan fingerprint density at radius 1 is 0.952 bits per heavy atom. The van der Waals surface area contributed by atoms with E-state index in [2.05, 4.69) is 80.4 Å². The molecule has 0 saturated carbocycles. The first-order valence-corrected chi connectivity index (χ1v) is 7.60. The second kappa shape index (κ2) is 7.96. The molecule has 0 aliphatic carbocycles. The molecule has 2 nitrogen and oxygen atoms in total. The molecule has 0 aromatic heterocycles. The van der Waals surface area contributed by atoms with Crippen LogP contribution in [0.2, 0.25) is 0 Å².